The maximum absolute atomic E-state index is 12.7. The first-order valence-electron chi connectivity index (χ1n) is 9.28. The molecule has 1 aromatic carbocycles. The molecule has 0 aliphatic carbocycles. The SMILES string of the molecule is O=C1CCN(C(=O)NCc2cccc(Cl)c2)c2ccc(N3CCOCC3)nc21. The number of morpholine rings is 1. The van der Waals surface area contributed by atoms with Gasteiger partial charge in [0.25, 0.3) is 0 Å². The average molecular weight is 401 g/mol. The van der Waals surface area contributed by atoms with Crippen LogP contribution in [0.5, 0.6) is 0 Å². The molecule has 8 heteroatoms. The number of anilines is 2. The molecule has 2 aromatic rings. The Hall–Kier alpha value is -2.64. The van der Waals surface area contributed by atoms with Crippen LogP contribution in [0.25, 0.3) is 0 Å². The molecule has 1 saturated heterocycles. The highest BCUT2D eigenvalue weighted by atomic mass is 35.5. The molecule has 0 unspecified atom stereocenters. The maximum atomic E-state index is 12.7. The number of carbonyl (C=O) groups is 2. The number of halogens is 1. The molecule has 2 aliphatic heterocycles. The van der Waals surface area contributed by atoms with Crippen LogP contribution in [-0.2, 0) is 11.3 Å². The Kier molecular flexibility index (Phi) is 5.45. The van der Waals surface area contributed by atoms with Crippen LogP contribution in [0.15, 0.2) is 36.4 Å². The zero-order valence-corrected chi connectivity index (χ0v) is 16.1. The average Bonchev–Trinajstić information content (AvgIpc) is 2.73. The van der Waals surface area contributed by atoms with Gasteiger partial charge in [-0.2, -0.15) is 0 Å². The molecule has 3 heterocycles. The van der Waals surface area contributed by atoms with Crippen LogP contribution in [0.4, 0.5) is 16.3 Å². The van der Waals surface area contributed by atoms with Gasteiger partial charge in [0.05, 0.1) is 18.9 Å². The van der Waals surface area contributed by atoms with Crippen molar-refractivity contribution >= 4 is 34.9 Å². The summed E-state index contributed by atoms with van der Waals surface area (Å²) < 4.78 is 5.37. The van der Waals surface area contributed by atoms with Crippen LogP contribution in [0.3, 0.4) is 0 Å². The van der Waals surface area contributed by atoms with Crippen LogP contribution in [-0.4, -0.2) is 49.6 Å². The van der Waals surface area contributed by atoms with Gasteiger partial charge in [-0.3, -0.25) is 9.69 Å². The number of ether oxygens (including phenoxy) is 1. The number of aromatic nitrogens is 1. The minimum Gasteiger partial charge on any atom is -0.378 e. The smallest absolute Gasteiger partial charge is 0.322 e. The van der Waals surface area contributed by atoms with Gasteiger partial charge in [-0.15, -0.1) is 0 Å². The zero-order valence-electron chi connectivity index (χ0n) is 15.4. The summed E-state index contributed by atoms with van der Waals surface area (Å²) in [6, 6.07) is 10.8. The normalized spacial score (nSPS) is 16.7. The fraction of sp³-hybridized carbons (Fsp3) is 0.350. The fourth-order valence-electron chi connectivity index (χ4n) is 3.42. The lowest BCUT2D eigenvalue weighted by Crippen LogP contribution is -2.44. The number of carbonyl (C=O) groups excluding carboxylic acids is 2. The number of rotatable bonds is 3. The highest BCUT2D eigenvalue weighted by Gasteiger charge is 2.29. The third kappa shape index (κ3) is 3.95. The lowest BCUT2D eigenvalue weighted by molar-refractivity contribution is 0.0976. The second-order valence-electron chi connectivity index (χ2n) is 6.75. The van der Waals surface area contributed by atoms with Gasteiger partial charge in [-0.1, -0.05) is 23.7 Å². The monoisotopic (exact) mass is 400 g/mol. The van der Waals surface area contributed by atoms with E-state index in [4.69, 9.17) is 16.3 Å². The van der Waals surface area contributed by atoms with E-state index >= 15 is 0 Å². The number of Topliss-reactive ketones (excluding diaryl/α,β-unsaturated/α-hetero) is 1. The lowest BCUT2D eigenvalue weighted by Gasteiger charge is -2.31. The number of fused-ring (bicyclic) bond motifs is 1. The molecular formula is C20H21ClN4O3. The van der Waals surface area contributed by atoms with Gasteiger partial charge in [-0.25, -0.2) is 9.78 Å². The summed E-state index contributed by atoms with van der Waals surface area (Å²) in [4.78, 5) is 33.4. The summed E-state index contributed by atoms with van der Waals surface area (Å²) in [6.07, 6.45) is 0.261. The second-order valence-corrected chi connectivity index (χ2v) is 7.19. The number of ketones is 1. The van der Waals surface area contributed by atoms with E-state index in [0.29, 0.717) is 42.7 Å². The number of nitrogens with one attached hydrogen (secondary N) is 1. The van der Waals surface area contributed by atoms with E-state index in [2.05, 4.69) is 15.2 Å². The molecule has 1 N–H and O–H groups in total. The molecule has 0 saturated carbocycles. The van der Waals surface area contributed by atoms with Crippen LogP contribution in [0, 0.1) is 0 Å². The molecule has 4 rings (SSSR count). The number of pyridine rings is 1. The van der Waals surface area contributed by atoms with E-state index in [0.717, 1.165) is 24.5 Å². The largest absolute Gasteiger partial charge is 0.378 e. The van der Waals surface area contributed by atoms with Gasteiger partial charge in [0.2, 0.25) is 0 Å². The summed E-state index contributed by atoms with van der Waals surface area (Å²) in [6.45, 7) is 3.47. The van der Waals surface area contributed by atoms with Crippen LogP contribution >= 0.6 is 11.6 Å². The van der Waals surface area contributed by atoms with E-state index in [9.17, 15) is 9.59 Å². The Bertz CT molecular complexity index is 899. The standard InChI is InChI=1S/C20H21ClN4O3/c21-15-3-1-2-14(12-15)13-22-20(27)25-7-6-17(26)19-16(25)4-5-18(23-19)24-8-10-28-11-9-24/h1-5,12H,6-11,13H2,(H,22,27). The predicted octanol–water partition coefficient (Wildman–Crippen LogP) is 2.87. The van der Waals surface area contributed by atoms with Gasteiger partial charge in [0.15, 0.2) is 5.78 Å². The Morgan fingerprint density at radius 1 is 1.18 bits per heavy atom. The number of amides is 2. The number of hydrogen-bond acceptors (Lipinski definition) is 5. The van der Waals surface area contributed by atoms with Crippen molar-refractivity contribution < 1.29 is 14.3 Å². The summed E-state index contributed by atoms with van der Waals surface area (Å²) in [5, 5.41) is 3.52. The topological polar surface area (TPSA) is 74.8 Å². The molecule has 28 heavy (non-hydrogen) atoms. The number of nitrogens with zero attached hydrogens (tertiary/aromatic N) is 3. The summed E-state index contributed by atoms with van der Waals surface area (Å²) in [5.41, 5.74) is 1.82. The molecule has 0 atom stereocenters. The van der Waals surface area contributed by atoms with Crippen molar-refractivity contribution in [1.82, 2.24) is 10.3 Å². The van der Waals surface area contributed by atoms with Crippen molar-refractivity contribution in [3.05, 3.63) is 52.7 Å². The molecule has 0 spiro atoms. The van der Waals surface area contributed by atoms with Crippen LogP contribution in [0.1, 0.15) is 22.5 Å². The van der Waals surface area contributed by atoms with Crippen molar-refractivity contribution in [3.8, 4) is 0 Å². The maximum Gasteiger partial charge on any atom is 0.322 e. The van der Waals surface area contributed by atoms with Crippen molar-refractivity contribution in [2.45, 2.75) is 13.0 Å². The van der Waals surface area contributed by atoms with E-state index < -0.39 is 0 Å². The van der Waals surface area contributed by atoms with Crippen molar-refractivity contribution in [3.63, 3.8) is 0 Å². The van der Waals surface area contributed by atoms with E-state index in [1.165, 1.54) is 0 Å². The Morgan fingerprint density at radius 3 is 2.79 bits per heavy atom. The first-order chi connectivity index (χ1) is 13.6. The first kappa shape index (κ1) is 18.7. The second kappa shape index (κ2) is 8.16. The van der Waals surface area contributed by atoms with Gasteiger partial charge < -0.3 is 15.0 Å². The molecule has 2 amide bonds. The highest BCUT2D eigenvalue weighted by Crippen LogP contribution is 2.28. The molecule has 0 radical (unpaired) electrons. The van der Waals surface area contributed by atoms with Crippen molar-refractivity contribution in [2.24, 2.45) is 0 Å². The van der Waals surface area contributed by atoms with Crippen LogP contribution in [0.2, 0.25) is 5.02 Å². The van der Waals surface area contributed by atoms with E-state index in [1.807, 2.05) is 30.3 Å². The molecule has 1 fully saturated rings. The minimum absolute atomic E-state index is 0.0380. The molecule has 0 bridgehead atoms. The van der Waals surface area contributed by atoms with E-state index in [1.54, 1.807) is 11.0 Å². The first-order valence-corrected chi connectivity index (χ1v) is 9.66. The number of hydrogen-bond donors (Lipinski definition) is 1. The van der Waals surface area contributed by atoms with Crippen LogP contribution < -0.4 is 15.1 Å². The summed E-state index contributed by atoms with van der Waals surface area (Å²) in [7, 11) is 0. The lowest BCUT2D eigenvalue weighted by atomic mass is 10.1. The van der Waals surface area contributed by atoms with Gasteiger partial charge in [-0.05, 0) is 29.8 Å². The van der Waals surface area contributed by atoms with Crippen molar-refractivity contribution in [2.75, 3.05) is 42.6 Å². The molecule has 2 aliphatic rings. The molecular weight excluding hydrogens is 380 g/mol. The molecule has 7 nitrogen and oxygen atoms in total. The highest BCUT2D eigenvalue weighted by molar-refractivity contribution is 6.30. The van der Waals surface area contributed by atoms with E-state index in [-0.39, 0.29) is 18.2 Å². The molecule has 1 aromatic heterocycles. The minimum atomic E-state index is -0.255. The number of benzene rings is 1. The predicted molar refractivity (Wildman–Crippen MR) is 107 cm³/mol. The number of urea groups is 1. The van der Waals surface area contributed by atoms with Gasteiger partial charge in [0.1, 0.15) is 11.5 Å². The summed E-state index contributed by atoms with van der Waals surface area (Å²) >= 11 is 5.99. The summed E-state index contributed by atoms with van der Waals surface area (Å²) in [5.74, 6) is 0.709. The zero-order chi connectivity index (χ0) is 19.5. The van der Waals surface area contributed by atoms with Gasteiger partial charge >= 0.3 is 6.03 Å². The Morgan fingerprint density at radius 2 is 2.00 bits per heavy atom. The third-order valence-corrected chi connectivity index (χ3v) is 5.12. The molecule has 146 valence electrons. The Labute approximate surface area is 168 Å². The fourth-order valence-corrected chi connectivity index (χ4v) is 3.63. The quantitative estimate of drug-likeness (QED) is 0.857. The Balaban J connectivity index is 1.51. The van der Waals surface area contributed by atoms with Crippen molar-refractivity contribution in [1.29, 1.82) is 0 Å². The van der Waals surface area contributed by atoms with Gasteiger partial charge in [0, 0.05) is 37.6 Å². The third-order valence-electron chi connectivity index (χ3n) is 4.89.